The summed E-state index contributed by atoms with van der Waals surface area (Å²) in [6, 6.07) is 22.2. The van der Waals surface area contributed by atoms with Crippen LogP contribution in [0, 0.1) is 0 Å². The van der Waals surface area contributed by atoms with Crippen LogP contribution in [0.5, 0.6) is 11.5 Å². The largest absolute Gasteiger partial charge is 0.454 e. The Balaban J connectivity index is 1.26. The Labute approximate surface area is 218 Å². The number of benzene rings is 3. The molecule has 3 heterocycles. The van der Waals surface area contributed by atoms with Gasteiger partial charge >= 0.3 is 0 Å². The molecule has 9 heteroatoms. The Morgan fingerprint density at radius 3 is 2.70 bits per heavy atom. The normalized spacial score (nSPS) is 18.0. The molecule has 0 bridgehead atoms. The first kappa shape index (κ1) is 23.3. The predicted molar refractivity (Wildman–Crippen MR) is 144 cm³/mol. The van der Waals surface area contributed by atoms with E-state index in [0.29, 0.717) is 41.0 Å². The van der Waals surface area contributed by atoms with E-state index in [4.69, 9.17) is 19.5 Å². The summed E-state index contributed by atoms with van der Waals surface area (Å²) in [5, 5.41) is 2.95. The van der Waals surface area contributed by atoms with Crippen LogP contribution in [0.2, 0.25) is 0 Å². The summed E-state index contributed by atoms with van der Waals surface area (Å²) in [5.41, 5.74) is 3.21. The van der Waals surface area contributed by atoms with Gasteiger partial charge in [-0.15, -0.1) is 0 Å². The molecule has 0 radical (unpaired) electrons. The van der Waals surface area contributed by atoms with Crippen molar-refractivity contribution in [3.8, 4) is 11.5 Å². The van der Waals surface area contributed by atoms with Crippen molar-refractivity contribution in [2.24, 2.45) is 9.98 Å². The van der Waals surface area contributed by atoms with E-state index in [1.807, 2.05) is 61.5 Å². The molecule has 2 amide bonds. The van der Waals surface area contributed by atoms with Crippen LogP contribution < -0.4 is 14.8 Å². The molecule has 3 aliphatic heterocycles. The number of rotatable bonds is 6. The number of carbonyl (C=O) groups excluding carboxylic acids is 2. The molecule has 3 aliphatic rings. The van der Waals surface area contributed by atoms with Crippen LogP contribution in [0.25, 0.3) is 0 Å². The number of aliphatic imine (C=N–C) groups is 2. The van der Waals surface area contributed by atoms with Crippen molar-refractivity contribution in [2.75, 3.05) is 12.1 Å². The van der Waals surface area contributed by atoms with Crippen LogP contribution in [0.1, 0.15) is 24.5 Å². The molecule has 0 unspecified atom stereocenters. The number of carbonyl (C=O) groups is 2. The van der Waals surface area contributed by atoms with E-state index in [2.05, 4.69) is 5.32 Å². The molecule has 3 aromatic carbocycles. The van der Waals surface area contributed by atoms with Gasteiger partial charge in [-0.05, 0) is 36.2 Å². The van der Waals surface area contributed by atoms with Crippen molar-refractivity contribution in [3.63, 3.8) is 0 Å². The number of nitrogens with zero attached hydrogens (tertiary/aromatic N) is 3. The summed E-state index contributed by atoms with van der Waals surface area (Å²) in [5.74, 6) is 1.52. The van der Waals surface area contributed by atoms with E-state index in [-0.39, 0.29) is 18.6 Å². The molecule has 0 aromatic heterocycles. The number of fused-ring (bicyclic) bond motifs is 4. The Morgan fingerprint density at radius 2 is 1.86 bits per heavy atom. The zero-order chi connectivity index (χ0) is 25.4. The van der Waals surface area contributed by atoms with Crippen LogP contribution in [0.3, 0.4) is 0 Å². The van der Waals surface area contributed by atoms with E-state index >= 15 is 0 Å². The first-order valence-corrected chi connectivity index (χ1v) is 13.0. The van der Waals surface area contributed by atoms with Gasteiger partial charge in [0, 0.05) is 23.7 Å². The molecule has 3 aromatic rings. The standard InChI is InChI=1S/C28H24N4O4S/c1-2-24(26(33)29-18-12-13-22-23(15-18)36-16-35-22)37-28-31-20-11-7-6-10-19(20)25-30-21(27(34)32(25)28)14-17-8-4-3-5-9-17/h3-13,15,21,24H,2,14,16H2,1H3,(H,29,33)/t21-,24+/m1/s1. The number of ether oxygens (including phenoxy) is 2. The molecule has 6 rings (SSSR count). The minimum Gasteiger partial charge on any atom is -0.454 e. The van der Waals surface area contributed by atoms with Crippen molar-refractivity contribution in [1.82, 2.24) is 4.90 Å². The zero-order valence-electron chi connectivity index (χ0n) is 20.1. The third-order valence-electron chi connectivity index (χ3n) is 6.37. The Hall–Kier alpha value is -4.11. The van der Waals surface area contributed by atoms with Crippen LogP contribution in [0.4, 0.5) is 11.4 Å². The molecule has 0 spiro atoms. The Bertz CT molecular complexity index is 1440. The highest BCUT2D eigenvalue weighted by atomic mass is 32.2. The lowest BCUT2D eigenvalue weighted by atomic mass is 10.1. The van der Waals surface area contributed by atoms with Gasteiger partial charge in [0.15, 0.2) is 16.7 Å². The van der Waals surface area contributed by atoms with Gasteiger partial charge < -0.3 is 14.8 Å². The molecule has 8 nitrogen and oxygen atoms in total. The second kappa shape index (κ2) is 9.74. The highest BCUT2D eigenvalue weighted by Gasteiger charge is 2.42. The second-order valence-electron chi connectivity index (χ2n) is 8.82. The minimum atomic E-state index is -0.545. The van der Waals surface area contributed by atoms with E-state index in [9.17, 15) is 9.59 Å². The van der Waals surface area contributed by atoms with Gasteiger partial charge in [-0.25, -0.2) is 9.89 Å². The van der Waals surface area contributed by atoms with Crippen LogP contribution in [-0.4, -0.2) is 45.8 Å². The van der Waals surface area contributed by atoms with Crippen LogP contribution in [0.15, 0.2) is 82.8 Å². The molecular weight excluding hydrogens is 488 g/mol. The van der Waals surface area contributed by atoms with Gasteiger partial charge in [-0.2, -0.15) is 0 Å². The van der Waals surface area contributed by atoms with Gasteiger partial charge in [0.2, 0.25) is 12.7 Å². The van der Waals surface area contributed by atoms with Crippen molar-refractivity contribution in [2.45, 2.75) is 31.1 Å². The molecule has 186 valence electrons. The molecule has 0 fully saturated rings. The van der Waals surface area contributed by atoms with Crippen molar-refractivity contribution in [1.29, 1.82) is 0 Å². The fraction of sp³-hybridized carbons (Fsp3) is 0.214. The summed E-state index contributed by atoms with van der Waals surface area (Å²) in [4.78, 5) is 38.0. The lowest BCUT2D eigenvalue weighted by Crippen LogP contribution is -2.42. The highest BCUT2D eigenvalue weighted by molar-refractivity contribution is 8.15. The quantitative estimate of drug-likeness (QED) is 0.514. The fourth-order valence-corrected chi connectivity index (χ4v) is 5.52. The van der Waals surface area contributed by atoms with Gasteiger partial charge in [-0.1, -0.05) is 61.2 Å². The topological polar surface area (TPSA) is 92.6 Å². The summed E-state index contributed by atoms with van der Waals surface area (Å²) >= 11 is 1.28. The number of amidine groups is 2. The second-order valence-corrected chi connectivity index (χ2v) is 9.99. The smallest absolute Gasteiger partial charge is 0.259 e. The third-order valence-corrected chi connectivity index (χ3v) is 7.69. The molecule has 0 saturated heterocycles. The predicted octanol–water partition coefficient (Wildman–Crippen LogP) is 4.77. The van der Waals surface area contributed by atoms with Gasteiger partial charge in [0.1, 0.15) is 11.9 Å². The average Bonchev–Trinajstić information content (AvgIpc) is 3.52. The Morgan fingerprint density at radius 1 is 1.08 bits per heavy atom. The van der Waals surface area contributed by atoms with E-state index in [0.717, 1.165) is 16.8 Å². The third kappa shape index (κ3) is 4.46. The maximum Gasteiger partial charge on any atom is 0.259 e. The number of amides is 2. The molecular formula is C28H24N4O4S. The number of anilines is 1. The number of thioether (sulfide) groups is 1. The fourth-order valence-electron chi connectivity index (χ4n) is 4.50. The first-order valence-electron chi connectivity index (χ1n) is 12.1. The SMILES string of the molecule is CC[C@H](SC1=Nc2ccccc2C2=N[C@H](Cc3ccccc3)C(=O)N12)C(=O)Nc1ccc2c(c1)OCO2. The Kier molecular flexibility index (Phi) is 6.13. The van der Waals surface area contributed by atoms with Crippen LogP contribution in [-0.2, 0) is 16.0 Å². The minimum absolute atomic E-state index is 0.134. The first-order chi connectivity index (χ1) is 18.1. The summed E-state index contributed by atoms with van der Waals surface area (Å²) in [6.45, 7) is 2.10. The van der Waals surface area contributed by atoms with Crippen molar-refractivity contribution < 1.29 is 19.1 Å². The maximum absolute atomic E-state index is 13.6. The number of hydrogen-bond donors (Lipinski definition) is 1. The van der Waals surface area contributed by atoms with Gasteiger partial charge in [0.25, 0.3) is 5.91 Å². The monoisotopic (exact) mass is 512 g/mol. The molecule has 2 atom stereocenters. The van der Waals surface area contributed by atoms with Gasteiger partial charge in [0.05, 0.1) is 10.9 Å². The lowest BCUT2D eigenvalue weighted by molar-refractivity contribution is -0.124. The summed E-state index contributed by atoms with van der Waals surface area (Å²) in [6.07, 6.45) is 1.05. The average molecular weight is 513 g/mol. The van der Waals surface area contributed by atoms with E-state index < -0.39 is 11.3 Å². The molecule has 0 aliphatic carbocycles. The lowest BCUT2D eigenvalue weighted by Gasteiger charge is -2.27. The molecule has 1 N–H and O–H groups in total. The van der Waals surface area contributed by atoms with E-state index in [1.54, 1.807) is 23.1 Å². The molecule has 37 heavy (non-hydrogen) atoms. The zero-order valence-corrected chi connectivity index (χ0v) is 20.9. The van der Waals surface area contributed by atoms with Crippen molar-refractivity contribution >= 4 is 46.0 Å². The molecule has 0 saturated carbocycles. The van der Waals surface area contributed by atoms with E-state index in [1.165, 1.54) is 11.8 Å². The maximum atomic E-state index is 13.6. The van der Waals surface area contributed by atoms with Crippen LogP contribution >= 0.6 is 11.8 Å². The van der Waals surface area contributed by atoms with Gasteiger partial charge in [-0.3, -0.25) is 14.6 Å². The number of hydrogen-bond acceptors (Lipinski definition) is 7. The summed E-state index contributed by atoms with van der Waals surface area (Å²) < 4.78 is 10.8. The number of para-hydroxylation sites is 1. The number of nitrogens with one attached hydrogen (secondary N) is 1. The van der Waals surface area contributed by atoms with Crippen molar-refractivity contribution in [3.05, 3.63) is 83.9 Å². The highest BCUT2D eigenvalue weighted by Crippen LogP contribution is 2.37. The summed E-state index contributed by atoms with van der Waals surface area (Å²) in [7, 11) is 0.